The molecule has 3 aromatic carbocycles. The number of hydrogen-bond acceptors (Lipinski definition) is 4. The van der Waals surface area contributed by atoms with Crippen molar-refractivity contribution in [3.63, 3.8) is 0 Å². The highest BCUT2D eigenvalue weighted by Crippen LogP contribution is 2.21. The van der Waals surface area contributed by atoms with E-state index < -0.39 is 6.04 Å². The highest BCUT2D eigenvalue weighted by molar-refractivity contribution is 6.34. The summed E-state index contributed by atoms with van der Waals surface area (Å²) < 4.78 is 0. The van der Waals surface area contributed by atoms with Gasteiger partial charge in [-0.2, -0.15) is 0 Å². The summed E-state index contributed by atoms with van der Waals surface area (Å²) >= 11 is 12.2. The summed E-state index contributed by atoms with van der Waals surface area (Å²) in [6.07, 6.45) is 0.675. The molecule has 172 valence electrons. The second-order valence-corrected chi connectivity index (χ2v) is 9.12. The lowest BCUT2D eigenvalue weighted by Crippen LogP contribution is -2.52. The Labute approximate surface area is 203 Å². The van der Waals surface area contributed by atoms with Gasteiger partial charge in [0.2, 0.25) is 5.91 Å². The molecule has 0 spiro atoms. The molecule has 1 fully saturated rings. The minimum atomic E-state index is -0.523. The summed E-state index contributed by atoms with van der Waals surface area (Å²) in [5, 5.41) is 9.47. The lowest BCUT2D eigenvalue weighted by molar-refractivity contribution is -0.133. The summed E-state index contributed by atoms with van der Waals surface area (Å²) in [6, 6.07) is 18.2. The highest BCUT2D eigenvalue weighted by Gasteiger charge is 2.30. The van der Waals surface area contributed by atoms with E-state index in [1.807, 2.05) is 42.5 Å². The molecule has 0 aromatic heterocycles. The number of nitrogens with zero attached hydrogens (tertiary/aromatic N) is 1. The average Bonchev–Trinajstić information content (AvgIpc) is 2.95. The molecule has 0 saturated carbocycles. The van der Waals surface area contributed by atoms with Gasteiger partial charge in [0.15, 0.2) is 0 Å². The van der Waals surface area contributed by atoms with Gasteiger partial charge in [-0.3, -0.25) is 9.59 Å². The van der Waals surface area contributed by atoms with E-state index in [-0.39, 0.29) is 24.4 Å². The Morgan fingerprint density at radius 3 is 2.52 bits per heavy atom. The van der Waals surface area contributed by atoms with E-state index >= 15 is 0 Å². The third-order valence-corrected chi connectivity index (χ3v) is 6.28. The van der Waals surface area contributed by atoms with E-state index in [1.54, 1.807) is 23.1 Å². The summed E-state index contributed by atoms with van der Waals surface area (Å²) in [6.45, 7) is 1.49. The van der Waals surface area contributed by atoms with Gasteiger partial charge in [0, 0.05) is 47.8 Å². The Morgan fingerprint density at radius 2 is 1.79 bits per heavy atom. The van der Waals surface area contributed by atoms with Crippen LogP contribution in [0.1, 0.15) is 22.3 Å². The molecule has 8 heteroatoms. The highest BCUT2D eigenvalue weighted by atomic mass is 35.5. The number of fused-ring (bicyclic) bond motifs is 1. The maximum absolute atomic E-state index is 13.0. The Bertz CT molecular complexity index is 1150. The van der Waals surface area contributed by atoms with E-state index in [4.69, 9.17) is 28.9 Å². The molecule has 0 aliphatic carbocycles. The number of benzene rings is 3. The van der Waals surface area contributed by atoms with Crippen LogP contribution in [0.4, 0.5) is 0 Å². The SMILES string of the molecule is NC[C@@H]1N[C@H](CNC(=O)c2ccc3ccccc3c2)CCN(Cc2cc(Cl)cc(Cl)c2)C1=O. The number of amides is 2. The molecule has 33 heavy (non-hydrogen) atoms. The summed E-state index contributed by atoms with van der Waals surface area (Å²) in [5.41, 5.74) is 7.36. The number of halogens is 2. The topological polar surface area (TPSA) is 87.5 Å². The van der Waals surface area contributed by atoms with Crippen molar-refractivity contribution in [1.82, 2.24) is 15.5 Å². The van der Waals surface area contributed by atoms with Gasteiger partial charge in [-0.15, -0.1) is 0 Å². The van der Waals surface area contributed by atoms with Crippen LogP contribution in [0.3, 0.4) is 0 Å². The van der Waals surface area contributed by atoms with Crippen molar-refractivity contribution < 1.29 is 9.59 Å². The van der Waals surface area contributed by atoms with E-state index in [0.29, 0.717) is 41.7 Å². The van der Waals surface area contributed by atoms with Crippen LogP contribution in [0.15, 0.2) is 60.7 Å². The fourth-order valence-corrected chi connectivity index (χ4v) is 4.71. The van der Waals surface area contributed by atoms with Gasteiger partial charge in [-0.05, 0) is 53.1 Å². The third kappa shape index (κ3) is 5.84. The second kappa shape index (κ2) is 10.5. The number of nitrogens with two attached hydrogens (primary N) is 1. The number of nitrogens with one attached hydrogen (secondary N) is 2. The van der Waals surface area contributed by atoms with Crippen molar-refractivity contribution >= 4 is 45.8 Å². The first-order valence-corrected chi connectivity index (χ1v) is 11.7. The van der Waals surface area contributed by atoms with Crippen LogP contribution in [0.25, 0.3) is 10.8 Å². The maximum atomic E-state index is 13.0. The molecule has 1 aliphatic rings. The predicted octanol–water partition coefficient (Wildman–Crippen LogP) is 3.59. The first-order chi connectivity index (χ1) is 15.9. The summed E-state index contributed by atoms with van der Waals surface area (Å²) in [4.78, 5) is 27.5. The minimum absolute atomic E-state index is 0.0723. The first-order valence-electron chi connectivity index (χ1n) is 10.9. The molecule has 1 heterocycles. The Balaban J connectivity index is 1.40. The van der Waals surface area contributed by atoms with Crippen molar-refractivity contribution in [3.8, 4) is 0 Å². The van der Waals surface area contributed by atoms with Crippen LogP contribution in [0.5, 0.6) is 0 Å². The molecule has 4 N–H and O–H groups in total. The summed E-state index contributed by atoms with van der Waals surface area (Å²) in [5.74, 6) is -0.218. The number of carbonyl (C=O) groups excluding carboxylic acids is 2. The smallest absolute Gasteiger partial charge is 0.251 e. The van der Waals surface area contributed by atoms with Gasteiger partial charge in [0.1, 0.15) is 0 Å². The molecule has 4 rings (SSSR count). The zero-order chi connectivity index (χ0) is 23.4. The van der Waals surface area contributed by atoms with Gasteiger partial charge in [-0.1, -0.05) is 53.5 Å². The van der Waals surface area contributed by atoms with Gasteiger partial charge in [0.05, 0.1) is 6.04 Å². The molecule has 1 aliphatic heterocycles. The average molecular weight is 485 g/mol. The van der Waals surface area contributed by atoms with E-state index in [0.717, 1.165) is 16.3 Å². The lowest BCUT2D eigenvalue weighted by atomic mass is 10.1. The standard InChI is InChI=1S/C25H26Cl2N4O2/c26-20-9-16(10-21(27)12-20)15-31-8-7-22(30-23(13-28)25(31)33)14-29-24(32)19-6-5-17-3-1-2-4-18(17)11-19/h1-6,9-12,22-23,30H,7-8,13-15,28H2,(H,29,32)/t22-,23-/m0/s1. The van der Waals surface area contributed by atoms with Crippen molar-refractivity contribution in [2.45, 2.75) is 25.0 Å². The summed E-state index contributed by atoms with van der Waals surface area (Å²) in [7, 11) is 0. The molecular weight excluding hydrogens is 459 g/mol. The van der Waals surface area contributed by atoms with Gasteiger partial charge in [-0.25, -0.2) is 0 Å². The van der Waals surface area contributed by atoms with Crippen LogP contribution < -0.4 is 16.4 Å². The molecule has 2 amide bonds. The van der Waals surface area contributed by atoms with Crippen LogP contribution >= 0.6 is 23.2 Å². The molecule has 0 radical (unpaired) electrons. The van der Waals surface area contributed by atoms with E-state index in [2.05, 4.69) is 10.6 Å². The number of rotatable bonds is 6. The van der Waals surface area contributed by atoms with Gasteiger partial charge < -0.3 is 21.3 Å². The molecule has 0 bridgehead atoms. The maximum Gasteiger partial charge on any atom is 0.251 e. The molecule has 0 unspecified atom stereocenters. The largest absolute Gasteiger partial charge is 0.350 e. The van der Waals surface area contributed by atoms with Crippen LogP contribution in [0.2, 0.25) is 10.0 Å². The van der Waals surface area contributed by atoms with Crippen LogP contribution in [0, 0.1) is 0 Å². The van der Waals surface area contributed by atoms with Gasteiger partial charge >= 0.3 is 0 Å². The van der Waals surface area contributed by atoms with Crippen LogP contribution in [-0.4, -0.2) is 48.4 Å². The Morgan fingerprint density at radius 1 is 1.06 bits per heavy atom. The van der Waals surface area contributed by atoms with Crippen molar-refractivity contribution in [2.75, 3.05) is 19.6 Å². The lowest BCUT2D eigenvalue weighted by Gasteiger charge is -2.24. The zero-order valence-electron chi connectivity index (χ0n) is 18.1. The van der Waals surface area contributed by atoms with Crippen molar-refractivity contribution in [2.24, 2.45) is 5.73 Å². The fourth-order valence-electron chi connectivity index (χ4n) is 4.14. The van der Waals surface area contributed by atoms with E-state index in [9.17, 15) is 9.59 Å². The first kappa shape index (κ1) is 23.5. The van der Waals surface area contributed by atoms with Crippen molar-refractivity contribution in [3.05, 3.63) is 81.8 Å². The Kier molecular flexibility index (Phi) is 7.50. The molecule has 1 saturated heterocycles. The van der Waals surface area contributed by atoms with Gasteiger partial charge in [0.25, 0.3) is 5.91 Å². The van der Waals surface area contributed by atoms with Crippen molar-refractivity contribution in [1.29, 1.82) is 0 Å². The predicted molar refractivity (Wildman–Crippen MR) is 133 cm³/mol. The molecule has 2 atom stereocenters. The van der Waals surface area contributed by atoms with Crippen LogP contribution in [-0.2, 0) is 11.3 Å². The monoisotopic (exact) mass is 484 g/mol. The normalized spacial score (nSPS) is 18.9. The molecule has 3 aromatic rings. The third-order valence-electron chi connectivity index (χ3n) is 5.85. The number of carbonyl (C=O) groups is 2. The molecular formula is C25H26Cl2N4O2. The quantitative estimate of drug-likeness (QED) is 0.498. The fraction of sp³-hybridized carbons (Fsp3) is 0.280. The second-order valence-electron chi connectivity index (χ2n) is 8.25. The minimum Gasteiger partial charge on any atom is -0.350 e. The Hall–Kier alpha value is -2.64. The number of hydrogen-bond donors (Lipinski definition) is 3. The zero-order valence-corrected chi connectivity index (χ0v) is 19.6. The molecule has 6 nitrogen and oxygen atoms in total. The van der Waals surface area contributed by atoms with E-state index in [1.165, 1.54) is 0 Å².